The number of hydrogen-bond acceptors (Lipinski definition) is 3. The molecule has 0 fully saturated rings. The number of alkyl halides is 3. The number of hydrogen-bond donors (Lipinski definition) is 2. The Hall–Kier alpha value is -2.57. The number of guanidine groups is 1. The lowest BCUT2D eigenvalue weighted by atomic mass is 10.1. The van der Waals surface area contributed by atoms with Crippen molar-refractivity contribution in [3.8, 4) is 0 Å². The van der Waals surface area contributed by atoms with E-state index in [4.69, 9.17) is 11.5 Å². The third-order valence-corrected chi connectivity index (χ3v) is 6.61. The first-order valence-electron chi connectivity index (χ1n) is 9.05. The van der Waals surface area contributed by atoms with E-state index in [-0.39, 0.29) is 42.8 Å². The van der Waals surface area contributed by atoms with Crippen LogP contribution in [-0.2, 0) is 16.1 Å². The molecule has 0 aromatic heterocycles. The monoisotopic (exact) mass is 531 g/mol. The number of benzene rings is 2. The molecule has 2 rings (SSSR count). The van der Waals surface area contributed by atoms with Crippen molar-refractivity contribution in [2.45, 2.75) is 24.9 Å². The van der Waals surface area contributed by atoms with Crippen molar-refractivity contribution in [2.24, 2.45) is 20.8 Å². The fourth-order valence-electron chi connectivity index (χ4n) is 2.83. The van der Waals surface area contributed by atoms with Gasteiger partial charge in [-0.3, -0.25) is 9.10 Å². The van der Waals surface area contributed by atoms with E-state index in [1.807, 2.05) is 0 Å². The number of rotatable bonds is 6. The van der Waals surface area contributed by atoms with E-state index in [2.05, 4.69) is 9.36 Å². The maximum Gasteiger partial charge on any atom is 0.418 e. The highest BCUT2D eigenvalue weighted by Gasteiger charge is 2.37. The summed E-state index contributed by atoms with van der Waals surface area (Å²) in [6, 6.07) is 7.22. The Morgan fingerprint density at radius 2 is 1.64 bits per heavy atom. The highest BCUT2D eigenvalue weighted by molar-refractivity contribution is 7.95. The molecule has 0 aliphatic heterocycles. The topological polar surface area (TPSA) is 114 Å². The first-order valence-corrected chi connectivity index (χ1v) is 10.5. The van der Waals surface area contributed by atoms with Crippen molar-refractivity contribution in [1.29, 1.82) is 0 Å². The summed E-state index contributed by atoms with van der Waals surface area (Å²) in [6.45, 7) is 3.00. The fourth-order valence-corrected chi connectivity index (χ4v) is 4.99. The summed E-state index contributed by atoms with van der Waals surface area (Å²) in [7, 11) is -3.57. The molecule has 2 aromatic carbocycles. The average Bonchev–Trinajstić information content (AvgIpc) is 2.68. The van der Waals surface area contributed by atoms with Gasteiger partial charge in [-0.15, -0.1) is 24.8 Å². The molecule has 7 nitrogen and oxygen atoms in total. The van der Waals surface area contributed by atoms with Gasteiger partial charge in [0.15, 0.2) is 15.9 Å². The van der Waals surface area contributed by atoms with Crippen molar-refractivity contribution in [3.05, 3.63) is 59.4 Å². The summed E-state index contributed by atoms with van der Waals surface area (Å²) in [5, 5.41) is 0. The Morgan fingerprint density at radius 3 is 2.09 bits per heavy atom. The Bertz CT molecular complexity index is 1110. The molecule has 0 spiro atoms. The summed E-state index contributed by atoms with van der Waals surface area (Å²) < 4.78 is 73.9. The van der Waals surface area contributed by atoms with Gasteiger partial charge in [-0.25, -0.2) is 13.0 Å². The predicted molar refractivity (Wildman–Crippen MR) is 125 cm³/mol. The lowest BCUT2D eigenvalue weighted by Gasteiger charge is -2.29. The lowest BCUT2D eigenvalue weighted by Crippen LogP contribution is -2.33. The molecule has 14 heteroatoms. The van der Waals surface area contributed by atoms with Crippen LogP contribution in [-0.4, -0.2) is 29.2 Å². The Labute approximate surface area is 201 Å². The number of amides is 1. The van der Waals surface area contributed by atoms with Crippen LogP contribution < -0.4 is 15.8 Å². The number of carbonyl (C=O) groups excluding carboxylic acids is 1. The standard InChI is InChI=1S/C19H21F4N5O2S.2ClH/c1-3-26-31(30,14-8-6-13(20)7-9-14)28(4-2)16-10-5-12(17(29)27-18(24)25)11-15(16)19(21,22)23;;/h5-11H,3-4H2,1-2H3,(H4,24,25,27,29);2*1H. The number of halogens is 6. The van der Waals surface area contributed by atoms with Crippen LogP contribution >= 0.6 is 24.8 Å². The molecule has 33 heavy (non-hydrogen) atoms. The van der Waals surface area contributed by atoms with E-state index < -0.39 is 50.6 Å². The Morgan fingerprint density at radius 1 is 1.06 bits per heavy atom. The van der Waals surface area contributed by atoms with Crippen LogP contribution in [0.3, 0.4) is 0 Å². The minimum Gasteiger partial charge on any atom is -0.370 e. The molecule has 0 saturated carbocycles. The van der Waals surface area contributed by atoms with Gasteiger partial charge in [-0.05, 0) is 56.3 Å². The van der Waals surface area contributed by atoms with E-state index in [0.29, 0.717) is 6.07 Å². The van der Waals surface area contributed by atoms with Gasteiger partial charge in [0.2, 0.25) is 0 Å². The molecule has 0 radical (unpaired) electrons. The fraction of sp³-hybridized carbons (Fsp3) is 0.263. The van der Waals surface area contributed by atoms with Crippen molar-refractivity contribution in [3.63, 3.8) is 0 Å². The minimum atomic E-state index is -4.90. The van der Waals surface area contributed by atoms with E-state index in [1.54, 1.807) is 6.92 Å². The molecule has 1 atom stereocenters. The highest BCUT2D eigenvalue weighted by Crippen LogP contribution is 2.39. The van der Waals surface area contributed by atoms with Gasteiger partial charge in [-0.2, -0.15) is 18.2 Å². The third kappa shape index (κ3) is 6.95. The highest BCUT2D eigenvalue weighted by atomic mass is 35.5. The summed E-state index contributed by atoms with van der Waals surface area (Å²) in [5.41, 5.74) is 8.17. The van der Waals surface area contributed by atoms with Crippen LogP contribution in [0.5, 0.6) is 0 Å². The van der Waals surface area contributed by atoms with Crippen LogP contribution in [0.1, 0.15) is 29.8 Å². The van der Waals surface area contributed by atoms with Crippen LogP contribution in [0.15, 0.2) is 56.7 Å². The second-order valence-electron chi connectivity index (χ2n) is 6.16. The minimum absolute atomic E-state index is 0. The third-order valence-electron chi connectivity index (χ3n) is 4.06. The van der Waals surface area contributed by atoms with Crippen molar-refractivity contribution < 1.29 is 26.6 Å². The van der Waals surface area contributed by atoms with Crippen molar-refractivity contribution >= 4 is 52.3 Å². The van der Waals surface area contributed by atoms with E-state index in [9.17, 15) is 26.6 Å². The zero-order chi connectivity index (χ0) is 23.4. The molecule has 0 bridgehead atoms. The van der Waals surface area contributed by atoms with Gasteiger partial charge in [0.1, 0.15) is 5.82 Å². The zero-order valence-corrected chi connectivity index (χ0v) is 20.0. The summed E-state index contributed by atoms with van der Waals surface area (Å²) in [6.07, 6.45) is -4.90. The number of nitrogens with zero attached hydrogens (tertiary/aromatic N) is 3. The number of aliphatic imine (C=N–C) groups is 1. The zero-order valence-electron chi connectivity index (χ0n) is 17.5. The summed E-state index contributed by atoms with van der Waals surface area (Å²) in [4.78, 5) is 15.3. The quantitative estimate of drug-likeness (QED) is 0.326. The lowest BCUT2D eigenvalue weighted by molar-refractivity contribution is -0.137. The van der Waals surface area contributed by atoms with Gasteiger partial charge >= 0.3 is 6.18 Å². The second kappa shape index (κ2) is 12.1. The molecule has 0 aliphatic rings. The molecule has 184 valence electrons. The van der Waals surface area contributed by atoms with Gasteiger partial charge in [-0.1, -0.05) is 0 Å². The molecule has 0 aliphatic carbocycles. The molecule has 0 saturated heterocycles. The molecule has 4 N–H and O–H groups in total. The summed E-state index contributed by atoms with van der Waals surface area (Å²) in [5.74, 6) is -2.25. The van der Waals surface area contributed by atoms with E-state index in [0.717, 1.165) is 28.6 Å². The normalized spacial score (nSPS) is 12.4. The smallest absolute Gasteiger partial charge is 0.370 e. The van der Waals surface area contributed by atoms with E-state index in [1.165, 1.54) is 19.1 Å². The maximum absolute atomic E-state index is 13.9. The van der Waals surface area contributed by atoms with Gasteiger partial charge in [0, 0.05) is 18.7 Å². The molecular formula is C19H23Cl2F4N5O2S. The van der Waals surface area contributed by atoms with Crippen molar-refractivity contribution in [1.82, 2.24) is 0 Å². The van der Waals surface area contributed by atoms with Crippen LogP contribution in [0.25, 0.3) is 0 Å². The van der Waals surface area contributed by atoms with Gasteiger partial charge in [0.25, 0.3) is 5.91 Å². The average molecular weight is 532 g/mol. The largest absolute Gasteiger partial charge is 0.418 e. The van der Waals surface area contributed by atoms with Crippen LogP contribution in [0.4, 0.5) is 23.2 Å². The molecule has 0 heterocycles. The number of nitrogens with two attached hydrogens (primary N) is 2. The van der Waals surface area contributed by atoms with Crippen molar-refractivity contribution in [2.75, 3.05) is 17.4 Å². The van der Waals surface area contributed by atoms with E-state index >= 15 is 0 Å². The van der Waals surface area contributed by atoms with Gasteiger partial charge < -0.3 is 11.5 Å². The first kappa shape index (κ1) is 30.4. The summed E-state index contributed by atoms with van der Waals surface area (Å²) >= 11 is 0. The Kier molecular flexibility index (Phi) is 11.1. The van der Waals surface area contributed by atoms with Crippen LogP contribution in [0.2, 0.25) is 0 Å². The maximum atomic E-state index is 13.9. The molecular weight excluding hydrogens is 509 g/mol. The molecule has 1 amide bonds. The predicted octanol–water partition coefficient (Wildman–Crippen LogP) is 4.39. The second-order valence-corrected chi connectivity index (χ2v) is 8.33. The van der Waals surface area contributed by atoms with Crippen LogP contribution in [0, 0.1) is 5.82 Å². The Balaban J connectivity index is 0.00000512. The number of carbonyl (C=O) groups is 1. The molecule has 1 unspecified atom stereocenters. The number of anilines is 1. The molecule has 2 aromatic rings. The first-order chi connectivity index (χ1) is 14.4. The SMILES string of the molecule is CCN=S(=O)(c1ccc(F)cc1)N(CC)c1ccc(C(=O)N=C(N)N)cc1C(F)(F)F.Cl.Cl. The van der Waals surface area contributed by atoms with Gasteiger partial charge in [0.05, 0.1) is 16.1 Å².